The van der Waals surface area contributed by atoms with Crippen molar-refractivity contribution in [1.29, 1.82) is 0 Å². The number of aromatic nitrogens is 1. The van der Waals surface area contributed by atoms with Crippen LogP contribution in [0.3, 0.4) is 0 Å². The van der Waals surface area contributed by atoms with Gasteiger partial charge < -0.3 is 15.4 Å². The van der Waals surface area contributed by atoms with Crippen LogP contribution >= 0.6 is 11.6 Å². The summed E-state index contributed by atoms with van der Waals surface area (Å²) in [5.41, 5.74) is 1.15. The first kappa shape index (κ1) is 19.4. The molecule has 26 heavy (non-hydrogen) atoms. The van der Waals surface area contributed by atoms with E-state index in [9.17, 15) is 14.4 Å². The lowest BCUT2D eigenvalue weighted by atomic mass is 10.1. The molecule has 2 rings (SSSR count). The fraction of sp³-hybridized carbons (Fsp3) is 0.222. The Kier molecular flexibility index (Phi) is 6.68. The molecule has 0 aliphatic carbocycles. The molecule has 2 amide bonds. The summed E-state index contributed by atoms with van der Waals surface area (Å²) in [5, 5.41) is 5.65. The number of carbonyl (C=O) groups excluding carboxylic acids is 3. The van der Waals surface area contributed by atoms with Crippen molar-refractivity contribution in [1.82, 2.24) is 10.3 Å². The van der Waals surface area contributed by atoms with E-state index >= 15 is 0 Å². The third kappa shape index (κ3) is 5.86. The number of ether oxygens (including phenoxy) is 1. The lowest BCUT2D eigenvalue weighted by molar-refractivity contribution is -0.123. The number of anilines is 1. The number of esters is 1. The van der Waals surface area contributed by atoms with Gasteiger partial charge in [0.1, 0.15) is 5.82 Å². The summed E-state index contributed by atoms with van der Waals surface area (Å²) in [5.74, 6) is -0.952. The van der Waals surface area contributed by atoms with Gasteiger partial charge in [0.15, 0.2) is 6.10 Å². The summed E-state index contributed by atoms with van der Waals surface area (Å²) < 4.78 is 5.16. The Labute approximate surface area is 155 Å². The van der Waals surface area contributed by atoms with Gasteiger partial charge in [0, 0.05) is 19.7 Å². The number of rotatable bonds is 6. The Morgan fingerprint density at radius 1 is 1.15 bits per heavy atom. The minimum atomic E-state index is -1.00. The van der Waals surface area contributed by atoms with Crippen LogP contribution in [0.15, 0.2) is 42.6 Å². The molecule has 0 saturated heterocycles. The number of nitrogens with one attached hydrogen (secondary N) is 2. The van der Waals surface area contributed by atoms with E-state index in [-0.39, 0.29) is 5.91 Å². The summed E-state index contributed by atoms with van der Waals surface area (Å²) >= 11 is 5.73. The van der Waals surface area contributed by atoms with Crippen molar-refractivity contribution in [2.24, 2.45) is 0 Å². The topological polar surface area (TPSA) is 97.4 Å². The fourth-order valence-electron chi connectivity index (χ4n) is 1.94. The average molecular weight is 376 g/mol. The molecule has 0 fully saturated rings. The zero-order valence-electron chi connectivity index (χ0n) is 14.3. The van der Waals surface area contributed by atoms with Crippen LogP contribution in [0.4, 0.5) is 5.82 Å². The standard InChI is InChI=1S/C18H18ClN3O4/c1-11(17(24)22-16-8-7-15(19)10-21-16)26-18(25)14-5-3-13(4-6-14)9-20-12(2)23/h3-8,10-11H,9H2,1-2H3,(H,20,23)(H,21,22,24). The molecule has 0 bridgehead atoms. The van der Waals surface area contributed by atoms with Crippen molar-refractivity contribution in [3.63, 3.8) is 0 Å². The number of hydrogen-bond acceptors (Lipinski definition) is 5. The van der Waals surface area contributed by atoms with Gasteiger partial charge >= 0.3 is 5.97 Å². The molecular weight excluding hydrogens is 358 g/mol. The third-order valence-corrected chi connectivity index (χ3v) is 3.59. The highest BCUT2D eigenvalue weighted by Crippen LogP contribution is 2.11. The van der Waals surface area contributed by atoms with Crippen LogP contribution in [0.2, 0.25) is 5.02 Å². The zero-order chi connectivity index (χ0) is 19.1. The molecule has 136 valence electrons. The number of carbonyl (C=O) groups is 3. The monoisotopic (exact) mass is 375 g/mol. The zero-order valence-corrected chi connectivity index (χ0v) is 15.0. The minimum absolute atomic E-state index is 0.136. The van der Waals surface area contributed by atoms with Gasteiger partial charge in [0.25, 0.3) is 5.91 Å². The normalized spacial score (nSPS) is 11.3. The fourth-order valence-corrected chi connectivity index (χ4v) is 2.06. The van der Waals surface area contributed by atoms with Gasteiger partial charge in [-0.1, -0.05) is 23.7 Å². The second kappa shape index (κ2) is 8.96. The molecule has 1 unspecified atom stereocenters. The van der Waals surface area contributed by atoms with Gasteiger partial charge in [-0.2, -0.15) is 0 Å². The lowest BCUT2D eigenvalue weighted by Crippen LogP contribution is -2.30. The van der Waals surface area contributed by atoms with Gasteiger partial charge in [-0.3, -0.25) is 9.59 Å². The molecule has 1 aromatic heterocycles. The predicted molar refractivity (Wildman–Crippen MR) is 96.7 cm³/mol. The van der Waals surface area contributed by atoms with Crippen molar-refractivity contribution < 1.29 is 19.1 Å². The van der Waals surface area contributed by atoms with Crippen LogP contribution in [-0.4, -0.2) is 28.9 Å². The summed E-state index contributed by atoms with van der Waals surface area (Å²) in [4.78, 5) is 39.0. The van der Waals surface area contributed by atoms with Crippen LogP contribution < -0.4 is 10.6 Å². The number of halogens is 1. The van der Waals surface area contributed by atoms with E-state index in [1.54, 1.807) is 36.4 Å². The highest BCUT2D eigenvalue weighted by molar-refractivity contribution is 6.30. The van der Waals surface area contributed by atoms with Crippen LogP contribution in [-0.2, 0) is 20.9 Å². The largest absolute Gasteiger partial charge is 0.449 e. The first-order chi connectivity index (χ1) is 12.3. The second-order valence-electron chi connectivity index (χ2n) is 5.51. The first-order valence-electron chi connectivity index (χ1n) is 7.82. The maximum Gasteiger partial charge on any atom is 0.338 e. The van der Waals surface area contributed by atoms with E-state index in [0.29, 0.717) is 22.9 Å². The molecule has 8 heteroatoms. The predicted octanol–water partition coefficient (Wildman–Crippen LogP) is 2.56. The lowest BCUT2D eigenvalue weighted by Gasteiger charge is -2.13. The highest BCUT2D eigenvalue weighted by atomic mass is 35.5. The summed E-state index contributed by atoms with van der Waals surface area (Å²) in [6.07, 6.45) is 0.398. The van der Waals surface area contributed by atoms with Crippen LogP contribution in [0.1, 0.15) is 29.8 Å². The molecule has 2 aromatic rings. The maximum absolute atomic E-state index is 12.1. The number of pyridine rings is 1. The van der Waals surface area contributed by atoms with Gasteiger partial charge in [-0.25, -0.2) is 9.78 Å². The molecule has 0 radical (unpaired) electrons. The Hall–Kier alpha value is -2.93. The number of nitrogens with zero attached hydrogens (tertiary/aromatic N) is 1. The van der Waals surface area contributed by atoms with Crippen molar-refractivity contribution in [3.8, 4) is 0 Å². The third-order valence-electron chi connectivity index (χ3n) is 3.36. The molecule has 2 N–H and O–H groups in total. The first-order valence-corrected chi connectivity index (χ1v) is 8.19. The van der Waals surface area contributed by atoms with E-state index in [1.807, 2.05) is 0 Å². The van der Waals surface area contributed by atoms with Crippen molar-refractivity contribution >= 4 is 35.2 Å². The summed E-state index contributed by atoms with van der Waals surface area (Å²) in [7, 11) is 0. The smallest absolute Gasteiger partial charge is 0.338 e. The van der Waals surface area contributed by atoms with E-state index in [1.165, 1.54) is 20.0 Å². The van der Waals surface area contributed by atoms with Crippen molar-refractivity contribution in [2.75, 3.05) is 5.32 Å². The van der Waals surface area contributed by atoms with Crippen LogP contribution in [0, 0.1) is 0 Å². The van der Waals surface area contributed by atoms with Crippen molar-refractivity contribution in [2.45, 2.75) is 26.5 Å². The maximum atomic E-state index is 12.1. The number of hydrogen-bond donors (Lipinski definition) is 2. The summed E-state index contributed by atoms with van der Waals surface area (Å²) in [6, 6.07) is 9.69. The Balaban J connectivity index is 1.90. The van der Waals surface area contributed by atoms with Gasteiger partial charge in [-0.05, 0) is 36.8 Å². The van der Waals surface area contributed by atoms with Gasteiger partial charge in [0.2, 0.25) is 5.91 Å². The molecule has 1 heterocycles. The molecular formula is C18H18ClN3O4. The minimum Gasteiger partial charge on any atom is -0.449 e. The average Bonchev–Trinajstić information content (AvgIpc) is 2.62. The molecule has 0 saturated carbocycles. The molecule has 0 spiro atoms. The molecule has 1 atom stereocenters. The summed E-state index contributed by atoms with van der Waals surface area (Å²) in [6.45, 7) is 3.27. The van der Waals surface area contributed by atoms with E-state index in [4.69, 9.17) is 16.3 Å². The van der Waals surface area contributed by atoms with Crippen LogP contribution in [0.5, 0.6) is 0 Å². The molecule has 7 nitrogen and oxygen atoms in total. The van der Waals surface area contributed by atoms with E-state index < -0.39 is 18.0 Å². The Morgan fingerprint density at radius 2 is 1.85 bits per heavy atom. The second-order valence-corrected chi connectivity index (χ2v) is 5.94. The Morgan fingerprint density at radius 3 is 2.42 bits per heavy atom. The molecule has 1 aromatic carbocycles. The van der Waals surface area contributed by atoms with E-state index in [0.717, 1.165) is 5.56 Å². The SMILES string of the molecule is CC(=O)NCc1ccc(C(=O)OC(C)C(=O)Nc2ccc(Cl)cn2)cc1. The Bertz CT molecular complexity index is 791. The van der Waals surface area contributed by atoms with E-state index in [2.05, 4.69) is 15.6 Å². The highest BCUT2D eigenvalue weighted by Gasteiger charge is 2.19. The van der Waals surface area contributed by atoms with Crippen LogP contribution in [0.25, 0.3) is 0 Å². The van der Waals surface area contributed by atoms with Crippen molar-refractivity contribution in [3.05, 3.63) is 58.7 Å². The van der Waals surface area contributed by atoms with Gasteiger partial charge in [0.05, 0.1) is 10.6 Å². The quantitative estimate of drug-likeness (QED) is 0.756. The number of amides is 2. The van der Waals surface area contributed by atoms with Gasteiger partial charge in [-0.15, -0.1) is 0 Å². The molecule has 0 aliphatic rings. The molecule has 0 aliphatic heterocycles. The number of benzene rings is 1.